The van der Waals surface area contributed by atoms with Crippen LogP contribution in [0.5, 0.6) is 0 Å². The topological polar surface area (TPSA) is 93.0 Å². The summed E-state index contributed by atoms with van der Waals surface area (Å²) in [5.41, 5.74) is 0.890. The number of hydrogen-bond acceptors (Lipinski definition) is 4. The summed E-state index contributed by atoms with van der Waals surface area (Å²) >= 11 is 0. The molecule has 0 radical (unpaired) electrons. The van der Waals surface area contributed by atoms with Crippen molar-refractivity contribution in [3.05, 3.63) is 41.7 Å². The van der Waals surface area contributed by atoms with Crippen molar-refractivity contribution in [2.24, 2.45) is 5.10 Å². The maximum atomic E-state index is 11.8. The van der Waals surface area contributed by atoms with Crippen LogP contribution in [0.2, 0.25) is 0 Å². The third kappa shape index (κ3) is 2.86. The van der Waals surface area contributed by atoms with E-state index in [1.54, 1.807) is 6.92 Å². The molecule has 0 unspecified atom stereocenters. The van der Waals surface area contributed by atoms with Crippen LogP contribution >= 0.6 is 0 Å². The Morgan fingerprint density at radius 1 is 1.37 bits per heavy atom. The van der Waals surface area contributed by atoms with Gasteiger partial charge in [-0.05, 0) is 31.2 Å². The number of carboxylic acids is 1. The molecule has 1 heterocycles. The van der Waals surface area contributed by atoms with Crippen LogP contribution in [0.4, 0.5) is 5.69 Å². The summed E-state index contributed by atoms with van der Waals surface area (Å²) in [6.07, 6.45) is 0.465. The van der Waals surface area contributed by atoms with Crippen molar-refractivity contribution in [1.29, 1.82) is 0 Å². The summed E-state index contributed by atoms with van der Waals surface area (Å²) in [6, 6.07) is 5.67. The summed E-state index contributed by atoms with van der Waals surface area (Å²) in [7, 11) is 0. The number of amides is 1. The number of nitrogens with zero attached hydrogens (tertiary/aromatic N) is 2. The van der Waals surface area contributed by atoms with Crippen LogP contribution in [0, 0.1) is 0 Å². The molecule has 19 heavy (non-hydrogen) atoms. The minimum atomic E-state index is -1.05. The second kappa shape index (κ2) is 6.01. The Labute approximate surface area is 131 Å². The van der Waals surface area contributed by atoms with Crippen molar-refractivity contribution in [2.75, 3.05) is 5.01 Å². The Kier molecular flexibility index (Phi) is 4.88. The molecule has 1 aromatic rings. The van der Waals surface area contributed by atoms with E-state index in [-0.39, 0.29) is 40.7 Å². The minimum Gasteiger partial charge on any atom is -0.877 e. The molecule has 1 amide bonds. The molecule has 1 aliphatic heterocycles. The Balaban J connectivity index is 0.00000180. The van der Waals surface area contributed by atoms with E-state index in [0.29, 0.717) is 17.7 Å². The molecular weight excluding hydrogens is 259 g/mol. The van der Waals surface area contributed by atoms with Gasteiger partial charge in [-0.3, -0.25) is 4.79 Å². The quantitative estimate of drug-likeness (QED) is 0.360. The first-order valence-corrected chi connectivity index (χ1v) is 5.10. The molecule has 0 saturated heterocycles. The second-order valence-electron chi connectivity index (χ2n) is 3.69. The number of carboxylic acid groups (broad SMARTS) is 1. The van der Waals surface area contributed by atoms with Crippen LogP contribution in [0.15, 0.2) is 41.2 Å². The standard InChI is InChI=1S/C12H10N2O4.Na/c1-7-10(6-15)11(16)14(13-7)9-4-2-8(3-5-9)12(17)18;/h2-6,15H,1H3,(H,17,18);/q;+1/p-1/b10-6+;. The van der Waals surface area contributed by atoms with Crippen LogP contribution in [0.1, 0.15) is 17.3 Å². The average molecular weight is 268 g/mol. The van der Waals surface area contributed by atoms with E-state index in [1.807, 2.05) is 0 Å². The van der Waals surface area contributed by atoms with Crippen molar-refractivity contribution < 1.29 is 49.4 Å². The number of anilines is 1. The van der Waals surface area contributed by atoms with Gasteiger partial charge < -0.3 is 10.2 Å². The molecular formula is C12H9N2NaO4. The molecule has 7 heteroatoms. The van der Waals surface area contributed by atoms with E-state index in [1.165, 1.54) is 24.3 Å². The summed E-state index contributed by atoms with van der Waals surface area (Å²) in [6.45, 7) is 1.56. The van der Waals surface area contributed by atoms with Crippen molar-refractivity contribution in [3.63, 3.8) is 0 Å². The van der Waals surface area contributed by atoms with Gasteiger partial charge >= 0.3 is 35.5 Å². The molecule has 1 N–H and O–H groups in total. The molecule has 0 spiro atoms. The molecule has 6 nitrogen and oxygen atoms in total. The van der Waals surface area contributed by atoms with E-state index in [0.717, 1.165) is 5.01 Å². The number of hydrazone groups is 1. The maximum absolute atomic E-state index is 11.8. The van der Waals surface area contributed by atoms with Gasteiger partial charge in [0.1, 0.15) is 0 Å². The Bertz CT molecular complexity index is 578. The number of carbonyl (C=O) groups is 2. The Hall–Kier alpha value is -1.63. The summed E-state index contributed by atoms with van der Waals surface area (Å²) in [4.78, 5) is 22.5. The average Bonchev–Trinajstić information content (AvgIpc) is 2.64. The zero-order valence-electron chi connectivity index (χ0n) is 10.5. The third-order valence-corrected chi connectivity index (χ3v) is 2.54. The predicted octanol–water partition coefficient (Wildman–Crippen LogP) is -2.64. The van der Waals surface area contributed by atoms with Gasteiger partial charge in [0.15, 0.2) is 0 Å². The fourth-order valence-corrected chi connectivity index (χ4v) is 1.57. The molecule has 0 aliphatic carbocycles. The molecule has 0 bridgehead atoms. The normalized spacial score (nSPS) is 16.3. The van der Waals surface area contributed by atoms with E-state index < -0.39 is 11.9 Å². The molecule has 2 rings (SSSR count). The first-order valence-electron chi connectivity index (χ1n) is 5.10. The Morgan fingerprint density at radius 3 is 2.37 bits per heavy atom. The van der Waals surface area contributed by atoms with Gasteiger partial charge in [-0.2, -0.15) is 10.1 Å². The van der Waals surface area contributed by atoms with Gasteiger partial charge in [0, 0.05) is 5.57 Å². The van der Waals surface area contributed by atoms with Gasteiger partial charge in [0.05, 0.1) is 17.0 Å². The molecule has 0 atom stereocenters. The van der Waals surface area contributed by atoms with Gasteiger partial charge in [-0.1, -0.05) is 0 Å². The zero-order chi connectivity index (χ0) is 13.3. The Morgan fingerprint density at radius 2 is 1.95 bits per heavy atom. The van der Waals surface area contributed by atoms with E-state index >= 15 is 0 Å². The molecule has 92 valence electrons. The van der Waals surface area contributed by atoms with Crippen LogP contribution < -0.4 is 39.7 Å². The van der Waals surface area contributed by atoms with Crippen LogP contribution in [-0.4, -0.2) is 22.7 Å². The second-order valence-corrected chi connectivity index (χ2v) is 3.69. The van der Waals surface area contributed by atoms with Crippen molar-refractivity contribution in [1.82, 2.24) is 0 Å². The third-order valence-electron chi connectivity index (χ3n) is 2.54. The van der Waals surface area contributed by atoms with Gasteiger partial charge in [-0.15, -0.1) is 6.26 Å². The van der Waals surface area contributed by atoms with Gasteiger partial charge in [0.2, 0.25) is 0 Å². The number of hydrogen-bond donors (Lipinski definition) is 1. The minimum absolute atomic E-state index is 0. The maximum Gasteiger partial charge on any atom is 1.00 e. The van der Waals surface area contributed by atoms with Crippen molar-refractivity contribution in [2.45, 2.75) is 6.92 Å². The monoisotopic (exact) mass is 268 g/mol. The molecule has 1 aliphatic rings. The van der Waals surface area contributed by atoms with Crippen LogP contribution in [0.3, 0.4) is 0 Å². The summed E-state index contributed by atoms with van der Waals surface area (Å²) in [5, 5.41) is 24.5. The fourth-order valence-electron chi connectivity index (χ4n) is 1.57. The zero-order valence-corrected chi connectivity index (χ0v) is 12.5. The SMILES string of the molecule is CC1=NN(c2ccc(C(=O)O)cc2)C(=O)/C1=C/[O-].[Na+]. The number of carbonyl (C=O) groups excluding carboxylic acids is 1. The molecule has 0 fully saturated rings. The van der Waals surface area contributed by atoms with E-state index in [2.05, 4.69) is 5.10 Å². The number of benzene rings is 1. The largest absolute Gasteiger partial charge is 1.00 e. The predicted molar refractivity (Wildman–Crippen MR) is 62.1 cm³/mol. The number of aromatic carboxylic acids is 1. The van der Waals surface area contributed by atoms with Crippen LogP contribution in [0.25, 0.3) is 0 Å². The van der Waals surface area contributed by atoms with Gasteiger partial charge in [0.25, 0.3) is 5.91 Å². The smallest absolute Gasteiger partial charge is 0.877 e. The summed E-state index contributed by atoms with van der Waals surface area (Å²) in [5.74, 6) is -1.56. The van der Waals surface area contributed by atoms with E-state index in [9.17, 15) is 14.7 Å². The molecule has 0 saturated carbocycles. The van der Waals surface area contributed by atoms with Crippen molar-refractivity contribution >= 4 is 23.3 Å². The van der Waals surface area contributed by atoms with Gasteiger partial charge in [-0.25, -0.2) is 4.79 Å². The number of rotatable bonds is 2. The molecule has 0 aromatic heterocycles. The first kappa shape index (κ1) is 15.4. The first-order chi connectivity index (χ1) is 8.54. The van der Waals surface area contributed by atoms with E-state index in [4.69, 9.17) is 5.11 Å². The van der Waals surface area contributed by atoms with Crippen molar-refractivity contribution in [3.8, 4) is 0 Å². The fraction of sp³-hybridized carbons (Fsp3) is 0.0833. The van der Waals surface area contributed by atoms with Crippen LogP contribution in [-0.2, 0) is 4.79 Å². The molecule has 1 aromatic carbocycles. The summed E-state index contributed by atoms with van der Waals surface area (Å²) < 4.78 is 0.